The van der Waals surface area contributed by atoms with Crippen LogP contribution in [0.1, 0.15) is 10.4 Å². The second kappa shape index (κ2) is 10.2. The molecule has 0 aliphatic carbocycles. The minimum absolute atomic E-state index is 0. The van der Waals surface area contributed by atoms with Crippen molar-refractivity contribution in [1.82, 2.24) is 4.57 Å². The van der Waals surface area contributed by atoms with E-state index in [1.54, 1.807) is 36.4 Å². The number of rotatable bonds is 2. The number of hydrogen-bond donors (Lipinski definition) is 1. The Morgan fingerprint density at radius 3 is 2.12 bits per heavy atom. The van der Waals surface area contributed by atoms with Crippen LogP contribution in [-0.2, 0) is 0 Å². The predicted molar refractivity (Wildman–Crippen MR) is 122 cm³/mol. The molecule has 0 spiro atoms. The molecule has 11 heteroatoms. The first kappa shape index (κ1) is 28.1. The van der Waals surface area contributed by atoms with Crippen LogP contribution >= 0.6 is 11.3 Å². The smallest absolute Gasteiger partial charge is 0.455 e. The van der Waals surface area contributed by atoms with Crippen molar-refractivity contribution < 1.29 is 83.4 Å². The number of carbonyl (C=O) groups is 1. The number of pyridine rings is 1. The SMILES string of the molecule is O.O.O=C(c1c(O)c2ccc3sc4ccccc4c3c2n(-c2ccccc2)c1=O)C(F)(F)F.[Eu]. The summed E-state index contributed by atoms with van der Waals surface area (Å²) in [6.07, 6.45) is -5.31. The Hall–Kier alpha value is -2.15. The molecule has 3 aromatic carbocycles. The molecule has 5 rings (SSSR count). The van der Waals surface area contributed by atoms with Crippen LogP contribution in [0.3, 0.4) is 0 Å². The molecule has 0 fully saturated rings. The molecule has 0 saturated heterocycles. The fourth-order valence-corrected chi connectivity index (χ4v) is 4.95. The first-order chi connectivity index (χ1) is 14.8. The Bertz CT molecular complexity index is 1580. The van der Waals surface area contributed by atoms with Crippen LogP contribution < -0.4 is 5.56 Å². The molecule has 0 aliphatic heterocycles. The van der Waals surface area contributed by atoms with E-state index in [1.165, 1.54) is 17.4 Å². The van der Waals surface area contributed by atoms with Gasteiger partial charge in [0.15, 0.2) is 0 Å². The van der Waals surface area contributed by atoms with Crippen LogP contribution in [0.25, 0.3) is 36.8 Å². The number of Topliss-reactive ketones (excluding diaryl/α,β-unsaturated/α-hetero) is 1. The van der Waals surface area contributed by atoms with E-state index >= 15 is 0 Å². The topological polar surface area (TPSA) is 122 Å². The summed E-state index contributed by atoms with van der Waals surface area (Å²) in [6, 6.07) is 18.6. The van der Waals surface area contributed by atoms with Crippen molar-refractivity contribution in [3.63, 3.8) is 0 Å². The molecule has 2 aromatic heterocycles. The van der Waals surface area contributed by atoms with Crippen LogP contribution in [0.5, 0.6) is 5.75 Å². The van der Waals surface area contributed by atoms with E-state index in [2.05, 4.69) is 0 Å². The molecule has 0 unspecified atom stereocenters. The molecule has 0 amide bonds. The van der Waals surface area contributed by atoms with E-state index in [9.17, 15) is 27.9 Å². The van der Waals surface area contributed by atoms with Crippen molar-refractivity contribution in [3.8, 4) is 11.4 Å². The van der Waals surface area contributed by atoms with Crippen molar-refractivity contribution in [1.29, 1.82) is 0 Å². The van der Waals surface area contributed by atoms with Gasteiger partial charge in [0.25, 0.3) is 11.3 Å². The van der Waals surface area contributed by atoms with Crippen molar-refractivity contribution in [2.45, 2.75) is 6.18 Å². The zero-order valence-corrected chi connectivity index (χ0v) is 20.2. The Morgan fingerprint density at radius 1 is 0.853 bits per heavy atom. The monoisotopic (exact) mass is 628 g/mol. The van der Waals surface area contributed by atoms with Gasteiger partial charge in [0.1, 0.15) is 11.3 Å². The summed E-state index contributed by atoms with van der Waals surface area (Å²) in [5.41, 5.74) is -1.97. The molecular formula is C23H16EuF3NO5S. The maximum absolute atomic E-state index is 13.3. The average molecular weight is 627 g/mol. The Balaban J connectivity index is 0.00000136. The third kappa shape index (κ3) is 4.32. The summed E-state index contributed by atoms with van der Waals surface area (Å²) in [6.45, 7) is 0. The molecule has 0 aliphatic rings. The molecule has 0 atom stereocenters. The van der Waals surface area contributed by atoms with Crippen molar-refractivity contribution in [2.75, 3.05) is 0 Å². The molecular weight excluding hydrogens is 611 g/mol. The number of alkyl halides is 3. The van der Waals surface area contributed by atoms with E-state index in [0.717, 1.165) is 19.4 Å². The van der Waals surface area contributed by atoms with Gasteiger partial charge in [-0.1, -0.05) is 36.4 Å². The van der Waals surface area contributed by atoms with E-state index < -0.39 is 28.8 Å². The van der Waals surface area contributed by atoms with Crippen LogP contribution in [0.2, 0.25) is 0 Å². The van der Waals surface area contributed by atoms with Crippen LogP contribution in [0.4, 0.5) is 13.2 Å². The second-order valence-corrected chi connectivity index (χ2v) is 8.04. The maximum atomic E-state index is 13.3. The predicted octanol–water partition coefficient (Wildman–Crippen LogP) is 4.16. The average Bonchev–Trinajstić information content (AvgIpc) is 3.12. The van der Waals surface area contributed by atoms with E-state index in [4.69, 9.17) is 0 Å². The number of hydrogen-bond acceptors (Lipinski definition) is 4. The molecule has 6 nitrogen and oxygen atoms in total. The van der Waals surface area contributed by atoms with Gasteiger partial charge in [-0.25, -0.2) is 0 Å². The van der Waals surface area contributed by atoms with Gasteiger partial charge >= 0.3 is 6.18 Å². The zero-order chi connectivity index (χ0) is 21.9. The van der Waals surface area contributed by atoms with E-state index in [1.807, 2.05) is 24.3 Å². The summed E-state index contributed by atoms with van der Waals surface area (Å²) < 4.78 is 42.5. The van der Waals surface area contributed by atoms with Crippen LogP contribution in [-0.4, -0.2) is 32.6 Å². The summed E-state index contributed by atoms with van der Waals surface area (Å²) in [7, 11) is 0. The van der Waals surface area contributed by atoms with Gasteiger partial charge in [0.2, 0.25) is 0 Å². The van der Waals surface area contributed by atoms with Gasteiger partial charge in [-0.05, 0) is 30.3 Å². The standard InChI is InChI=1S/C23H12F3NO3S.Eu.2H2O/c24-23(25,26)21(29)18-20(28)14-10-11-16-17(13-8-4-5-9-15(13)31-16)19(14)27(22(18)30)12-6-2-1-3-7-12;;;/h1-11,28H;;2*1H2. The Morgan fingerprint density at radius 2 is 1.47 bits per heavy atom. The molecule has 0 saturated carbocycles. The number of halogens is 3. The van der Waals surface area contributed by atoms with Gasteiger partial charge < -0.3 is 16.1 Å². The largest absolute Gasteiger partial charge is 0.506 e. The first-order valence-electron chi connectivity index (χ1n) is 9.18. The summed E-state index contributed by atoms with van der Waals surface area (Å²) in [5.74, 6) is -3.34. The number of aromatic hydroxyl groups is 1. The normalized spacial score (nSPS) is 11.0. The summed E-state index contributed by atoms with van der Waals surface area (Å²) in [4.78, 5) is 25.3. The quantitative estimate of drug-likeness (QED) is 0.296. The summed E-state index contributed by atoms with van der Waals surface area (Å²) >= 11 is 1.46. The van der Waals surface area contributed by atoms with E-state index in [0.29, 0.717) is 5.39 Å². The van der Waals surface area contributed by atoms with Gasteiger partial charge in [0, 0.05) is 80.6 Å². The molecule has 1 radical (unpaired) electrons. The fourth-order valence-electron chi connectivity index (χ4n) is 3.84. The number of carbonyl (C=O) groups excluding carboxylic acids is 1. The third-order valence-corrected chi connectivity index (χ3v) is 6.28. The minimum Gasteiger partial charge on any atom is -0.506 e. The van der Waals surface area contributed by atoms with Crippen molar-refractivity contribution in [3.05, 3.63) is 82.6 Å². The number of para-hydroxylation sites is 1. The van der Waals surface area contributed by atoms with Gasteiger partial charge in [-0.3, -0.25) is 14.2 Å². The second-order valence-electron chi connectivity index (χ2n) is 6.96. The van der Waals surface area contributed by atoms with Crippen LogP contribution in [0.15, 0.2) is 71.5 Å². The number of thiophene rings is 1. The number of ketones is 1. The Kier molecular flexibility index (Phi) is 8.45. The van der Waals surface area contributed by atoms with Gasteiger partial charge in [-0.15, -0.1) is 11.3 Å². The van der Waals surface area contributed by atoms with Crippen molar-refractivity contribution >= 4 is 48.2 Å². The molecule has 177 valence electrons. The number of nitrogens with zero attached hydrogens (tertiary/aromatic N) is 1. The van der Waals surface area contributed by atoms with Gasteiger partial charge in [-0.2, -0.15) is 13.2 Å². The maximum Gasteiger partial charge on any atom is 0.455 e. The number of benzene rings is 3. The van der Waals surface area contributed by atoms with Crippen molar-refractivity contribution in [2.24, 2.45) is 0 Å². The first-order valence-corrected chi connectivity index (χ1v) is 9.99. The molecule has 34 heavy (non-hydrogen) atoms. The van der Waals surface area contributed by atoms with E-state index in [-0.39, 0.29) is 76.9 Å². The van der Waals surface area contributed by atoms with Gasteiger partial charge in [0.05, 0.1) is 5.52 Å². The summed E-state index contributed by atoms with van der Waals surface area (Å²) in [5, 5.41) is 12.1. The molecule has 0 bridgehead atoms. The minimum atomic E-state index is -5.31. The molecule has 2 heterocycles. The van der Waals surface area contributed by atoms with Crippen LogP contribution in [0, 0.1) is 49.4 Å². The molecule has 5 aromatic rings. The fraction of sp³-hybridized carbons (Fsp3) is 0.0435. The third-order valence-electron chi connectivity index (χ3n) is 5.15. The molecule has 5 N–H and O–H groups in total. The zero-order valence-electron chi connectivity index (χ0n) is 17.0. The number of aromatic nitrogens is 1. The number of fused-ring (bicyclic) bond motifs is 5. The Labute approximate surface area is 234 Å².